The Balaban J connectivity index is 1.28. The molecule has 2 atom stereocenters. The molecule has 1 amide bonds. The fourth-order valence-electron chi connectivity index (χ4n) is 3.60. The number of aryl methyl sites for hydroxylation is 1. The van der Waals surface area contributed by atoms with Crippen molar-refractivity contribution in [2.24, 2.45) is 15.7 Å². The molecule has 0 saturated heterocycles. The first-order chi connectivity index (χ1) is 17.6. The summed E-state index contributed by atoms with van der Waals surface area (Å²) in [5.41, 5.74) is 8.56. The minimum atomic E-state index is -4.76. The lowest BCUT2D eigenvalue weighted by atomic mass is 10.1. The summed E-state index contributed by atoms with van der Waals surface area (Å²) in [7, 11) is 0. The van der Waals surface area contributed by atoms with Gasteiger partial charge in [0.25, 0.3) is 0 Å². The number of nitrogens with one attached hydrogen (secondary N) is 1. The number of nitrogens with two attached hydrogens (primary N) is 1. The van der Waals surface area contributed by atoms with E-state index in [1.807, 2.05) is 12.1 Å². The zero-order valence-corrected chi connectivity index (χ0v) is 19.5. The first-order valence-electron chi connectivity index (χ1n) is 11.1. The summed E-state index contributed by atoms with van der Waals surface area (Å²) in [5.74, 6) is -0.119. The molecule has 4 rings (SSSR count). The van der Waals surface area contributed by atoms with E-state index in [4.69, 9.17) is 10.5 Å². The predicted molar refractivity (Wildman–Crippen MR) is 130 cm³/mol. The molecule has 1 aliphatic carbocycles. The van der Waals surface area contributed by atoms with E-state index in [0.717, 1.165) is 24.1 Å². The Morgan fingerprint density at radius 3 is 2.43 bits per heavy atom. The number of nitrogens with zero attached hydrogens (tertiary/aromatic N) is 2. The third kappa shape index (κ3) is 7.29. The standard InChI is InChI=1S/C26H22F4N4O3/c1-15-12-18(27)6-11-23(15)36-25(35)34-22-13-21(22)16-2-4-17(5-3-16)24(31)33-14-32-19-7-9-20(10-8-19)37-26(28,29)30/h2-12,14,21-22H,13H2,1H3,(H,34,35)(H2,31,32,33). The van der Waals surface area contributed by atoms with E-state index in [1.165, 1.54) is 36.7 Å². The molecular formula is C26H22F4N4O3. The third-order valence-electron chi connectivity index (χ3n) is 5.54. The minimum absolute atomic E-state index is 0.0785. The van der Waals surface area contributed by atoms with Crippen LogP contribution in [-0.2, 0) is 0 Å². The van der Waals surface area contributed by atoms with Gasteiger partial charge in [0.1, 0.15) is 29.5 Å². The second kappa shape index (κ2) is 10.7. The summed E-state index contributed by atoms with van der Waals surface area (Å²) in [4.78, 5) is 20.3. The molecular weight excluding hydrogens is 492 g/mol. The number of alkyl halides is 3. The van der Waals surface area contributed by atoms with Gasteiger partial charge in [-0.25, -0.2) is 19.2 Å². The van der Waals surface area contributed by atoms with E-state index in [2.05, 4.69) is 20.0 Å². The van der Waals surface area contributed by atoms with E-state index in [0.29, 0.717) is 22.6 Å². The molecule has 1 fully saturated rings. The van der Waals surface area contributed by atoms with Gasteiger partial charge in [-0.05, 0) is 66.9 Å². The van der Waals surface area contributed by atoms with E-state index in [1.54, 1.807) is 19.1 Å². The number of benzene rings is 3. The zero-order chi connectivity index (χ0) is 26.6. The molecule has 0 aromatic heterocycles. The Morgan fingerprint density at radius 2 is 1.78 bits per heavy atom. The lowest BCUT2D eigenvalue weighted by Crippen LogP contribution is -2.29. The first kappa shape index (κ1) is 25.7. The number of halogens is 4. The average Bonchev–Trinajstić information content (AvgIpc) is 3.60. The molecule has 3 aromatic rings. The van der Waals surface area contributed by atoms with Crippen molar-refractivity contribution in [3.8, 4) is 11.5 Å². The van der Waals surface area contributed by atoms with Crippen LogP contribution in [0.15, 0.2) is 76.7 Å². The molecule has 192 valence electrons. The van der Waals surface area contributed by atoms with Crippen molar-refractivity contribution in [2.75, 3.05) is 0 Å². The first-order valence-corrected chi connectivity index (χ1v) is 11.1. The summed E-state index contributed by atoms with van der Waals surface area (Å²) in [5, 5.41) is 2.80. The molecule has 0 bridgehead atoms. The van der Waals surface area contributed by atoms with Gasteiger partial charge < -0.3 is 20.5 Å². The summed E-state index contributed by atoms with van der Waals surface area (Å²) in [6.07, 6.45) is -3.40. The van der Waals surface area contributed by atoms with Crippen LogP contribution < -0.4 is 20.5 Å². The van der Waals surface area contributed by atoms with Crippen LogP contribution in [0.4, 0.5) is 28.0 Å². The van der Waals surface area contributed by atoms with Crippen LogP contribution in [-0.4, -0.2) is 30.7 Å². The Bertz CT molecular complexity index is 1320. The largest absolute Gasteiger partial charge is 0.573 e. The molecule has 0 radical (unpaired) electrons. The van der Waals surface area contributed by atoms with Crippen LogP contribution in [0.1, 0.15) is 29.0 Å². The molecule has 3 N–H and O–H groups in total. The lowest BCUT2D eigenvalue weighted by molar-refractivity contribution is -0.274. The van der Waals surface area contributed by atoms with Crippen LogP contribution in [0.25, 0.3) is 0 Å². The number of hydrogen-bond acceptors (Lipinski definition) is 4. The van der Waals surface area contributed by atoms with Crippen molar-refractivity contribution in [1.82, 2.24) is 5.32 Å². The van der Waals surface area contributed by atoms with Gasteiger partial charge in [-0.2, -0.15) is 0 Å². The molecule has 0 aliphatic heterocycles. The highest BCUT2D eigenvalue weighted by Gasteiger charge is 2.40. The van der Waals surface area contributed by atoms with Crippen LogP contribution in [0.5, 0.6) is 11.5 Å². The average molecular weight is 514 g/mol. The number of carbonyl (C=O) groups is 1. The summed E-state index contributed by atoms with van der Waals surface area (Å²) in [6, 6.07) is 16.2. The zero-order valence-electron chi connectivity index (χ0n) is 19.5. The van der Waals surface area contributed by atoms with E-state index in [-0.39, 0.29) is 23.5 Å². The Labute approximate surface area is 209 Å². The third-order valence-corrected chi connectivity index (χ3v) is 5.54. The molecule has 0 heterocycles. The molecule has 7 nitrogen and oxygen atoms in total. The van der Waals surface area contributed by atoms with Gasteiger partial charge in [-0.1, -0.05) is 24.3 Å². The Hall–Kier alpha value is -4.41. The molecule has 37 heavy (non-hydrogen) atoms. The number of amides is 1. The van der Waals surface area contributed by atoms with E-state index >= 15 is 0 Å². The van der Waals surface area contributed by atoms with Crippen LogP contribution in [0.3, 0.4) is 0 Å². The van der Waals surface area contributed by atoms with Crippen LogP contribution in [0.2, 0.25) is 0 Å². The quantitative estimate of drug-likeness (QED) is 0.239. The second-order valence-corrected chi connectivity index (χ2v) is 8.31. The highest BCUT2D eigenvalue weighted by atomic mass is 19.4. The van der Waals surface area contributed by atoms with Gasteiger partial charge in [0, 0.05) is 17.5 Å². The van der Waals surface area contributed by atoms with Gasteiger partial charge in [-0.3, -0.25) is 0 Å². The topological polar surface area (TPSA) is 98.3 Å². The SMILES string of the molecule is Cc1cc(F)ccc1OC(=O)NC1CC1c1ccc(C(N)=NC=Nc2ccc(OC(F)(F)F)cc2)cc1. The normalized spacial score (nSPS) is 17.5. The Kier molecular flexibility index (Phi) is 7.42. The molecule has 2 unspecified atom stereocenters. The smallest absolute Gasteiger partial charge is 0.410 e. The second-order valence-electron chi connectivity index (χ2n) is 8.31. The highest BCUT2D eigenvalue weighted by Crippen LogP contribution is 2.41. The van der Waals surface area contributed by atoms with Gasteiger partial charge in [0.15, 0.2) is 0 Å². The van der Waals surface area contributed by atoms with Crippen molar-refractivity contribution in [2.45, 2.75) is 31.7 Å². The number of carbonyl (C=O) groups excluding carboxylic acids is 1. The minimum Gasteiger partial charge on any atom is -0.410 e. The van der Waals surface area contributed by atoms with Gasteiger partial charge >= 0.3 is 12.5 Å². The summed E-state index contributed by atoms with van der Waals surface area (Å²) >= 11 is 0. The van der Waals surface area contributed by atoms with Gasteiger partial charge in [-0.15, -0.1) is 13.2 Å². The summed E-state index contributed by atoms with van der Waals surface area (Å²) in [6.45, 7) is 1.66. The maximum atomic E-state index is 13.2. The van der Waals surface area contributed by atoms with Crippen molar-refractivity contribution >= 4 is 24.0 Å². The number of aliphatic imine (C=N–C) groups is 2. The predicted octanol–water partition coefficient (Wildman–Crippen LogP) is 5.74. The Morgan fingerprint density at radius 1 is 1.08 bits per heavy atom. The van der Waals surface area contributed by atoms with Gasteiger partial charge in [0.05, 0.1) is 5.69 Å². The van der Waals surface area contributed by atoms with Crippen molar-refractivity contribution in [1.29, 1.82) is 0 Å². The molecule has 0 spiro atoms. The monoisotopic (exact) mass is 514 g/mol. The van der Waals surface area contributed by atoms with Crippen LogP contribution >= 0.6 is 0 Å². The van der Waals surface area contributed by atoms with Crippen LogP contribution in [0, 0.1) is 12.7 Å². The molecule has 3 aromatic carbocycles. The van der Waals surface area contributed by atoms with E-state index in [9.17, 15) is 22.4 Å². The van der Waals surface area contributed by atoms with Crippen molar-refractivity contribution < 1.29 is 31.8 Å². The fraction of sp³-hybridized carbons (Fsp3) is 0.192. The molecule has 1 aliphatic rings. The fourth-order valence-corrected chi connectivity index (χ4v) is 3.60. The van der Waals surface area contributed by atoms with Crippen molar-refractivity contribution in [3.63, 3.8) is 0 Å². The number of amidine groups is 1. The van der Waals surface area contributed by atoms with Gasteiger partial charge in [0.2, 0.25) is 0 Å². The van der Waals surface area contributed by atoms with E-state index < -0.39 is 18.3 Å². The lowest BCUT2D eigenvalue weighted by Gasteiger charge is -2.09. The number of rotatable bonds is 7. The maximum Gasteiger partial charge on any atom is 0.573 e. The molecule has 11 heteroatoms. The van der Waals surface area contributed by atoms with Crippen molar-refractivity contribution in [3.05, 3.63) is 89.2 Å². The molecule has 1 saturated carbocycles. The number of ether oxygens (including phenoxy) is 2. The summed E-state index contributed by atoms with van der Waals surface area (Å²) < 4.78 is 58.9. The maximum absolute atomic E-state index is 13.2. The highest BCUT2D eigenvalue weighted by molar-refractivity contribution is 6.01. The number of hydrogen-bond donors (Lipinski definition) is 2.